The van der Waals surface area contributed by atoms with Crippen molar-refractivity contribution in [2.24, 2.45) is 0 Å². The minimum absolute atomic E-state index is 0.548. The van der Waals surface area contributed by atoms with Crippen molar-refractivity contribution in [3.05, 3.63) is 77.4 Å². The third-order valence-corrected chi connectivity index (χ3v) is 6.18. The number of ether oxygens (including phenoxy) is 3. The molecule has 5 heterocycles. The lowest BCUT2D eigenvalue weighted by atomic mass is 10.0. The first-order valence-electron chi connectivity index (χ1n) is 11.5. The molecule has 0 fully saturated rings. The molecule has 0 aliphatic carbocycles. The number of H-pyrrole nitrogens is 2. The predicted molar refractivity (Wildman–Crippen MR) is 144 cm³/mol. The summed E-state index contributed by atoms with van der Waals surface area (Å²) in [5.74, 6) is 1.72. The molecule has 0 radical (unpaired) electrons. The van der Waals surface area contributed by atoms with Crippen molar-refractivity contribution in [1.82, 2.24) is 19.9 Å². The van der Waals surface area contributed by atoms with Crippen molar-refractivity contribution < 1.29 is 14.2 Å². The lowest BCUT2D eigenvalue weighted by molar-refractivity contribution is 0.324. The van der Waals surface area contributed by atoms with Crippen LogP contribution in [0.3, 0.4) is 0 Å². The predicted octanol–water partition coefficient (Wildman–Crippen LogP) is 6.35. The SMILES string of the molecule is COc1cc(-c2c3ccc(cc4nc(cc5nc(cc6ccc2[nH]6)C=C5)C=C4)[nH]3)cc(OC)c1OC. The van der Waals surface area contributed by atoms with Gasteiger partial charge in [-0.25, -0.2) is 9.97 Å². The average molecular weight is 477 g/mol. The van der Waals surface area contributed by atoms with E-state index < -0.39 is 0 Å². The van der Waals surface area contributed by atoms with Crippen LogP contribution in [0.25, 0.3) is 57.5 Å². The monoisotopic (exact) mass is 476 g/mol. The van der Waals surface area contributed by atoms with Gasteiger partial charge in [0, 0.05) is 27.6 Å². The Balaban J connectivity index is 1.70. The summed E-state index contributed by atoms with van der Waals surface area (Å²) >= 11 is 0. The van der Waals surface area contributed by atoms with Gasteiger partial charge in [0.2, 0.25) is 5.75 Å². The first kappa shape index (κ1) is 21.7. The van der Waals surface area contributed by atoms with Crippen molar-refractivity contribution in [3.63, 3.8) is 0 Å². The van der Waals surface area contributed by atoms with Gasteiger partial charge in [0.1, 0.15) is 0 Å². The van der Waals surface area contributed by atoms with Crippen LogP contribution in [0.1, 0.15) is 22.8 Å². The van der Waals surface area contributed by atoms with Crippen LogP contribution < -0.4 is 14.2 Å². The van der Waals surface area contributed by atoms with Crippen molar-refractivity contribution in [3.8, 4) is 28.4 Å². The quantitative estimate of drug-likeness (QED) is 0.310. The summed E-state index contributed by atoms with van der Waals surface area (Å²) in [6, 6.07) is 18.2. The summed E-state index contributed by atoms with van der Waals surface area (Å²) in [5.41, 5.74) is 9.11. The first-order chi connectivity index (χ1) is 17.6. The van der Waals surface area contributed by atoms with Crippen LogP contribution in [0, 0.1) is 0 Å². The number of nitrogens with one attached hydrogen (secondary N) is 2. The van der Waals surface area contributed by atoms with E-state index in [1.165, 1.54) is 0 Å². The Morgan fingerprint density at radius 1 is 0.556 bits per heavy atom. The fraction of sp³-hybridized carbons (Fsp3) is 0.103. The van der Waals surface area contributed by atoms with Crippen molar-refractivity contribution >= 4 is 46.4 Å². The summed E-state index contributed by atoms with van der Waals surface area (Å²) in [5, 5.41) is 0. The number of rotatable bonds is 4. The topological polar surface area (TPSA) is 85.1 Å². The van der Waals surface area contributed by atoms with Crippen LogP contribution in [-0.4, -0.2) is 41.3 Å². The molecule has 2 N–H and O–H groups in total. The normalized spacial score (nSPS) is 12.1. The Bertz CT molecular complexity index is 1590. The molecule has 0 amide bonds. The van der Waals surface area contributed by atoms with Crippen molar-refractivity contribution in [2.75, 3.05) is 21.3 Å². The summed E-state index contributed by atoms with van der Waals surface area (Å²) in [6.07, 6.45) is 7.99. The highest BCUT2D eigenvalue weighted by atomic mass is 16.5. The highest BCUT2D eigenvalue weighted by molar-refractivity contribution is 5.95. The molecule has 4 aromatic rings. The highest BCUT2D eigenvalue weighted by Gasteiger charge is 2.16. The molecule has 7 heteroatoms. The largest absolute Gasteiger partial charge is 0.493 e. The lowest BCUT2D eigenvalue weighted by Gasteiger charge is -2.14. The smallest absolute Gasteiger partial charge is 0.203 e. The number of nitrogens with zero attached hydrogens (tertiary/aromatic N) is 2. The molecular formula is C29H24N4O3. The standard InChI is InChI=1S/C29H24N4O3/c1-34-26-12-17(13-27(35-2)29(26)36-3)28-24-10-8-22(32-24)15-20-6-4-18(30-20)14-19-5-7-21(31-19)16-23-9-11-25(28)33-23/h4-16,32-33H,1-3H3. The Morgan fingerprint density at radius 3 is 1.47 bits per heavy atom. The zero-order valence-electron chi connectivity index (χ0n) is 20.1. The molecular weight excluding hydrogens is 452 g/mol. The van der Waals surface area contributed by atoms with E-state index in [2.05, 4.69) is 22.1 Å². The molecule has 2 aliphatic heterocycles. The molecule has 178 valence electrons. The minimum atomic E-state index is 0.548. The van der Waals surface area contributed by atoms with E-state index in [0.717, 1.165) is 56.0 Å². The van der Waals surface area contributed by atoms with Crippen LogP contribution >= 0.6 is 0 Å². The van der Waals surface area contributed by atoms with E-state index in [0.29, 0.717) is 17.2 Å². The molecule has 1 aromatic carbocycles. The fourth-order valence-corrected chi connectivity index (χ4v) is 4.55. The van der Waals surface area contributed by atoms with E-state index in [1.54, 1.807) is 21.3 Å². The van der Waals surface area contributed by atoms with Gasteiger partial charge in [0.25, 0.3) is 0 Å². The molecule has 8 bridgehead atoms. The molecule has 36 heavy (non-hydrogen) atoms. The molecule has 2 aliphatic rings. The van der Waals surface area contributed by atoms with E-state index >= 15 is 0 Å². The van der Waals surface area contributed by atoms with Crippen LogP contribution in [0.2, 0.25) is 0 Å². The maximum Gasteiger partial charge on any atom is 0.203 e. The zero-order chi connectivity index (χ0) is 24.6. The van der Waals surface area contributed by atoms with Gasteiger partial charge in [0.15, 0.2) is 11.5 Å². The van der Waals surface area contributed by atoms with Gasteiger partial charge >= 0.3 is 0 Å². The van der Waals surface area contributed by atoms with Crippen LogP contribution in [0.15, 0.2) is 54.6 Å². The van der Waals surface area contributed by atoms with E-state index in [1.807, 2.05) is 66.8 Å². The molecule has 0 spiro atoms. The Labute approximate surface area is 207 Å². The number of benzene rings is 1. The van der Waals surface area contributed by atoms with Gasteiger partial charge in [-0.3, -0.25) is 0 Å². The van der Waals surface area contributed by atoms with Crippen LogP contribution in [0.5, 0.6) is 17.2 Å². The van der Waals surface area contributed by atoms with Crippen molar-refractivity contribution in [2.45, 2.75) is 0 Å². The summed E-state index contributed by atoms with van der Waals surface area (Å²) in [4.78, 5) is 16.5. The second-order valence-electron chi connectivity index (χ2n) is 8.47. The molecule has 3 aromatic heterocycles. The number of hydrogen-bond acceptors (Lipinski definition) is 5. The van der Waals surface area contributed by atoms with Gasteiger partial charge in [0.05, 0.1) is 44.1 Å². The zero-order valence-corrected chi connectivity index (χ0v) is 20.1. The minimum Gasteiger partial charge on any atom is -0.493 e. The second-order valence-corrected chi connectivity index (χ2v) is 8.47. The average Bonchev–Trinajstić information content (AvgIpc) is 3.69. The maximum absolute atomic E-state index is 5.64. The van der Waals surface area contributed by atoms with Gasteiger partial charge < -0.3 is 24.2 Å². The molecule has 0 saturated heterocycles. The second kappa shape index (κ2) is 8.78. The Kier molecular flexibility index (Phi) is 5.30. The molecule has 7 nitrogen and oxygen atoms in total. The van der Waals surface area contributed by atoms with Gasteiger partial charge in [-0.2, -0.15) is 0 Å². The molecule has 0 unspecified atom stereocenters. The fourth-order valence-electron chi connectivity index (χ4n) is 4.55. The first-order valence-corrected chi connectivity index (χ1v) is 11.5. The molecule has 0 atom stereocenters. The molecule has 0 saturated carbocycles. The van der Waals surface area contributed by atoms with Crippen LogP contribution in [0.4, 0.5) is 0 Å². The summed E-state index contributed by atoms with van der Waals surface area (Å²) in [6.45, 7) is 0. The third kappa shape index (κ3) is 3.90. The third-order valence-electron chi connectivity index (χ3n) is 6.18. The number of hydrogen-bond donors (Lipinski definition) is 2. The Morgan fingerprint density at radius 2 is 1.03 bits per heavy atom. The van der Waals surface area contributed by atoms with E-state index in [-0.39, 0.29) is 0 Å². The molecule has 6 rings (SSSR count). The number of fused-ring (bicyclic) bond motifs is 8. The lowest BCUT2D eigenvalue weighted by Crippen LogP contribution is -1.96. The Hall–Kier alpha value is -4.78. The summed E-state index contributed by atoms with van der Waals surface area (Å²) < 4.78 is 16.8. The number of aromatic nitrogens is 4. The van der Waals surface area contributed by atoms with E-state index in [9.17, 15) is 0 Å². The van der Waals surface area contributed by atoms with Gasteiger partial charge in [-0.1, -0.05) is 0 Å². The number of aromatic amines is 2. The highest BCUT2D eigenvalue weighted by Crippen LogP contribution is 2.42. The van der Waals surface area contributed by atoms with E-state index in [4.69, 9.17) is 24.2 Å². The van der Waals surface area contributed by atoms with Crippen molar-refractivity contribution in [1.29, 1.82) is 0 Å². The number of methoxy groups -OCH3 is 3. The van der Waals surface area contributed by atoms with Crippen LogP contribution in [-0.2, 0) is 0 Å². The maximum atomic E-state index is 5.64. The van der Waals surface area contributed by atoms with Gasteiger partial charge in [-0.15, -0.1) is 0 Å². The van der Waals surface area contributed by atoms with Gasteiger partial charge in [-0.05, 0) is 84.5 Å². The summed E-state index contributed by atoms with van der Waals surface area (Å²) in [7, 11) is 4.84.